The predicted octanol–water partition coefficient (Wildman–Crippen LogP) is 2.16. The molecule has 0 amide bonds. The monoisotopic (exact) mass is 227 g/mol. The summed E-state index contributed by atoms with van der Waals surface area (Å²) in [6, 6.07) is 3.89. The highest BCUT2D eigenvalue weighted by molar-refractivity contribution is 6.33. The van der Waals surface area contributed by atoms with E-state index in [-0.39, 0.29) is 16.4 Å². The van der Waals surface area contributed by atoms with Crippen LogP contribution in [0.15, 0.2) is 18.2 Å². The van der Waals surface area contributed by atoms with E-state index in [1.807, 2.05) is 0 Å². The van der Waals surface area contributed by atoms with Gasteiger partial charge in [0.25, 0.3) is 0 Å². The van der Waals surface area contributed by atoms with Gasteiger partial charge in [0.1, 0.15) is 5.82 Å². The van der Waals surface area contributed by atoms with Gasteiger partial charge in [0.15, 0.2) is 11.6 Å². The molecular formula is C9H7ClFN3O. The first-order valence-corrected chi connectivity index (χ1v) is 4.45. The van der Waals surface area contributed by atoms with Gasteiger partial charge in [-0.2, -0.15) is 5.10 Å². The van der Waals surface area contributed by atoms with Crippen molar-refractivity contribution in [2.24, 2.45) is 0 Å². The van der Waals surface area contributed by atoms with Crippen LogP contribution in [0.4, 0.5) is 10.2 Å². The standard InChI is InChI=1S/C9H7ClFN3O/c10-4-1-2-5(11)9(15)8(4)6-3-7(12)14-13-6/h1-3,15H,(H3,12,13,14). The summed E-state index contributed by atoms with van der Waals surface area (Å²) in [5, 5.41) is 15.9. The molecule has 4 N–H and O–H groups in total. The van der Waals surface area contributed by atoms with Crippen LogP contribution < -0.4 is 5.73 Å². The van der Waals surface area contributed by atoms with Crippen molar-refractivity contribution in [3.63, 3.8) is 0 Å². The third kappa shape index (κ3) is 1.61. The summed E-state index contributed by atoms with van der Waals surface area (Å²) in [6.45, 7) is 0. The van der Waals surface area contributed by atoms with Gasteiger partial charge in [0.05, 0.1) is 16.3 Å². The average molecular weight is 228 g/mol. The molecule has 1 aromatic carbocycles. The van der Waals surface area contributed by atoms with E-state index in [4.69, 9.17) is 17.3 Å². The van der Waals surface area contributed by atoms with Crippen molar-refractivity contribution in [1.82, 2.24) is 10.2 Å². The molecule has 78 valence electrons. The summed E-state index contributed by atoms with van der Waals surface area (Å²) in [4.78, 5) is 0. The zero-order chi connectivity index (χ0) is 11.0. The third-order valence-corrected chi connectivity index (χ3v) is 2.26. The number of rotatable bonds is 1. The molecule has 0 aliphatic rings. The molecule has 6 heteroatoms. The SMILES string of the molecule is Nc1cc(-c2c(Cl)ccc(F)c2O)[nH]n1. The zero-order valence-corrected chi connectivity index (χ0v) is 8.22. The average Bonchev–Trinajstić information content (AvgIpc) is 2.59. The van der Waals surface area contributed by atoms with Crippen molar-refractivity contribution in [3.05, 3.63) is 29.0 Å². The number of hydrogen-bond acceptors (Lipinski definition) is 3. The normalized spacial score (nSPS) is 10.5. The van der Waals surface area contributed by atoms with Gasteiger partial charge in [-0.3, -0.25) is 5.10 Å². The summed E-state index contributed by atoms with van der Waals surface area (Å²) in [7, 11) is 0. The van der Waals surface area contributed by atoms with Gasteiger partial charge < -0.3 is 10.8 Å². The van der Waals surface area contributed by atoms with Crippen LogP contribution in [0.2, 0.25) is 5.02 Å². The number of nitrogens with zero attached hydrogens (tertiary/aromatic N) is 1. The third-order valence-electron chi connectivity index (χ3n) is 1.94. The Labute approximate surface area is 89.5 Å². The lowest BCUT2D eigenvalue weighted by atomic mass is 10.1. The van der Waals surface area contributed by atoms with E-state index in [0.29, 0.717) is 5.69 Å². The minimum absolute atomic E-state index is 0.154. The van der Waals surface area contributed by atoms with E-state index in [1.165, 1.54) is 12.1 Å². The first kappa shape index (κ1) is 9.79. The van der Waals surface area contributed by atoms with Crippen molar-refractivity contribution in [1.29, 1.82) is 0 Å². The second kappa shape index (κ2) is 3.43. The smallest absolute Gasteiger partial charge is 0.165 e. The number of nitrogen functional groups attached to an aromatic ring is 1. The molecule has 0 bridgehead atoms. The van der Waals surface area contributed by atoms with E-state index in [2.05, 4.69) is 10.2 Å². The van der Waals surface area contributed by atoms with E-state index in [9.17, 15) is 9.50 Å². The molecule has 0 saturated heterocycles. The lowest BCUT2D eigenvalue weighted by Crippen LogP contribution is -1.85. The molecule has 0 unspecified atom stereocenters. The van der Waals surface area contributed by atoms with E-state index in [1.54, 1.807) is 0 Å². The second-order valence-corrected chi connectivity index (χ2v) is 3.37. The molecule has 1 aromatic heterocycles. The Hall–Kier alpha value is -1.75. The fourth-order valence-electron chi connectivity index (χ4n) is 1.26. The Morgan fingerprint density at radius 2 is 2.20 bits per heavy atom. The van der Waals surface area contributed by atoms with Crippen LogP contribution in [-0.2, 0) is 0 Å². The summed E-state index contributed by atoms with van der Waals surface area (Å²) in [6.07, 6.45) is 0. The maximum absolute atomic E-state index is 13.1. The highest BCUT2D eigenvalue weighted by atomic mass is 35.5. The number of aromatic hydroxyl groups is 1. The van der Waals surface area contributed by atoms with Crippen LogP contribution in [0.25, 0.3) is 11.3 Å². The molecule has 0 aliphatic carbocycles. The number of aromatic amines is 1. The summed E-state index contributed by atoms with van der Waals surface area (Å²) >= 11 is 5.83. The Bertz CT molecular complexity index is 512. The molecule has 0 fully saturated rings. The molecule has 0 saturated carbocycles. The lowest BCUT2D eigenvalue weighted by Gasteiger charge is -2.04. The highest BCUT2D eigenvalue weighted by Crippen LogP contribution is 2.36. The van der Waals surface area contributed by atoms with Gasteiger partial charge in [-0.15, -0.1) is 0 Å². The number of phenolic OH excluding ortho intramolecular Hbond substituents is 1. The summed E-state index contributed by atoms with van der Waals surface area (Å²) < 4.78 is 13.1. The Morgan fingerprint density at radius 1 is 1.47 bits per heavy atom. The highest BCUT2D eigenvalue weighted by Gasteiger charge is 2.15. The number of H-pyrrole nitrogens is 1. The zero-order valence-electron chi connectivity index (χ0n) is 7.46. The maximum Gasteiger partial charge on any atom is 0.165 e. The molecule has 0 atom stereocenters. The number of anilines is 1. The second-order valence-electron chi connectivity index (χ2n) is 2.96. The number of benzene rings is 1. The van der Waals surface area contributed by atoms with Gasteiger partial charge in [0.2, 0.25) is 0 Å². The number of hydrogen-bond donors (Lipinski definition) is 3. The first-order chi connectivity index (χ1) is 7.09. The van der Waals surface area contributed by atoms with Gasteiger partial charge in [-0.05, 0) is 12.1 Å². The van der Waals surface area contributed by atoms with Gasteiger partial charge in [-0.25, -0.2) is 4.39 Å². The van der Waals surface area contributed by atoms with E-state index < -0.39 is 11.6 Å². The van der Waals surface area contributed by atoms with Crippen LogP contribution in [0.3, 0.4) is 0 Å². The molecular weight excluding hydrogens is 221 g/mol. The Kier molecular flexibility index (Phi) is 2.24. The van der Waals surface area contributed by atoms with Crippen molar-refractivity contribution < 1.29 is 9.50 Å². The summed E-state index contributed by atoms with van der Waals surface area (Å²) in [5.41, 5.74) is 5.92. The summed E-state index contributed by atoms with van der Waals surface area (Å²) in [5.74, 6) is -1.03. The molecule has 0 spiro atoms. The van der Waals surface area contributed by atoms with Crippen molar-refractivity contribution in [2.45, 2.75) is 0 Å². The van der Waals surface area contributed by atoms with Gasteiger partial charge in [-0.1, -0.05) is 11.6 Å². The largest absolute Gasteiger partial charge is 0.504 e. The molecule has 2 rings (SSSR count). The first-order valence-electron chi connectivity index (χ1n) is 4.08. The molecule has 15 heavy (non-hydrogen) atoms. The van der Waals surface area contributed by atoms with Gasteiger partial charge in [0, 0.05) is 6.07 Å². The van der Waals surface area contributed by atoms with Gasteiger partial charge >= 0.3 is 0 Å². The van der Waals surface area contributed by atoms with Crippen LogP contribution in [0.5, 0.6) is 5.75 Å². The molecule has 2 aromatic rings. The predicted molar refractivity (Wildman–Crippen MR) is 55.1 cm³/mol. The van der Waals surface area contributed by atoms with Crippen LogP contribution in [0, 0.1) is 5.82 Å². The molecule has 0 aliphatic heterocycles. The van der Waals surface area contributed by atoms with Crippen molar-refractivity contribution in [2.75, 3.05) is 5.73 Å². The van der Waals surface area contributed by atoms with E-state index in [0.717, 1.165) is 6.07 Å². The molecule has 1 heterocycles. The number of nitrogens with one attached hydrogen (secondary N) is 1. The van der Waals surface area contributed by atoms with Crippen molar-refractivity contribution in [3.8, 4) is 17.0 Å². The lowest BCUT2D eigenvalue weighted by molar-refractivity contribution is 0.434. The minimum Gasteiger partial charge on any atom is -0.504 e. The minimum atomic E-state index is -0.748. The van der Waals surface area contributed by atoms with E-state index >= 15 is 0 Å². The maximum atomic E-state index is 13.1. The quantitative estimate of drug-likeness (QED) is 0.699. The fraction of sp³-hybridized carbons (Fsp3) is 0. The number of nitrogens with two attached hydrogens (primary N) is 1. The van der Waals surface area contributed by atoms with Crippen LogP contribution in [0.1, 0.15) is 0 Å². The van der Waals surface area contributed by atoms with Crippen LogP contribution >= 0.6 is 11.6 Å². The van der Waals surface area contributed by atoms with Crippen molar-refractivity contribution >= 4 is 17.4 Å². The Morgan fingerprint density at radius 3 is 2.80 bits per heavy atom. The fourth-order valence-corrected chi connectivity index (χ4v) is 1.52. The molecule has 0 radical (unpaired) electrons. The number of phenols is 1. The van der Waals surface area contributed by atoms with Crippen LogP contribution in [-0.4, -0.2) is 15.3 Å². The topological polar surface area (TPSA) is 74.9 Å². The molecule has 4 nitrogen and oxygen atoms in total. The number of halogens is 2. The number of aromatic nitrogens is 2. The Balaban J connectivity index is 2.66.